The number of carbonyl (C=O) groups excluding carboxylic acids is 1. The zero-order valence-electron chi connectivity index (χ0n) is 18.0. The highest BCUT2D eigenvalue weighted by molar-refractivity contribution is 6.30. The van der Waals surface area contributed by atoms with E-state index in [-0.39, 0.29) is 5.91 Å². The van der Waals surface area contributed by atoms with Crippen molar-refractivity contribution in [2.45, 2.75) is 13.2 Å². The van der Waals surface area contributed by atoms with Gasteiger partial charge in [-0.15, -0.1) is 5.10 Å². The molecule has 9 nitrogen and oxygen atoms in total. The maximum Gasteiger partial charge on any atom is 0.271 e. The number of hydrogen-bond acceptors (Lipinski definition) is 7. The van der Waals surface area contributed by atoms with E-state index in [4.69, 9.17) is 21.1 Å². The highest BCUT2D eigenvalue weighted by atomic mass is 35.5. The highest BCUT2D eigenvalue weighted by Crippen LogP contribution is 2.16. The van der Waals surface area contributed by atoms with Gasteiger partial charge in [0, 0.05) is 23.0 Å². The summed E-state index contributed by atoms with van der Waals surface area (Å²) in [7, 11) is 0. The van der Waals surface area contributed by atoms with Crippen molar-refractivity contribution in [3.8, 4) is 11.5 Å². The van der Waals surface area contributed by atoms with Crippen LogP contribution >= 0.6 is 11.6 Å². The molecule has 0 unspecified atom stereocenters. The topological polar surface area (TPSA) is 104 Å². The van der Waals surface area contributed by atoms with Gasteiger partial charge in [0.2, 0.25) is 0 Å². The van der Waals surface area contributed by atoms with E-state index in [1.807, 2.05) is 30.5 Å². The monoisotopic (exact) mass is 476 g/mol. The molecule has 1 N–H and O–H groups in total. The van der Waals surface area contributed by atoms with Crippen LogP contribution in [0.25, 0.3) is 0 Å². The van der Waals surface area contributed by atoms with Gasteiger partial charge in [-0.05, 0) is 66.2 Å². The standard InChI is InChI=1S/C24H21ClN6O3/c25-20-3-7-23(8-4-20)34-17-21-16-31(30-28-21)13-14-33-22-5-1-18(2-6-22)15-27-29-24(32)19-9-11-26-12-10-19/h1-12,15-16H,13-14,17H2,(H,29,32)/b27-15+. The van der Waals surface area contributed by atoms with Crippen molar-refractivity contribution in [2.75, 3.05) is 6.61 Å². The number of nitrogens with zero attached hydrogens (tertiary/aromatic N) is 5. The molecule has 2 heterocycles. The summed E-state index contributed by atoms with van der Waals surface area (Å²) in [6, 6.07) is 17.7. The number of aromatic nitrogens is 4. The molecule has 0 radical (unpaired) electrons. The molecule has 1 amide bonds. The molecule has 0 saturated carbocycles. The fourth-order valence-electron chi connectivity index (χ4n) is 2.84. The molecule has 0 saturated heterocycles. The van der Waals surface area contributed by atoms with Crippen LogP contribution in [-0.4, -0.2) is 38.7 Å². The third-order valence-corrected chi connectivity index (χ3v) is 4.83. The number of pyridine rings is 1. The summed E-state index contributed by atoms with van der Waals surface area (Å²) in [6.07, 6.45) is 6.48. The van der Waals surface area contributed by atoms with E-state index >= 15 is 0 Å². The second-order valence-corrected chi connectivity index (χ2v) is 7.50. The van der Waals surface area contributed by atoms with Crippen molar-refractivity contribution < 1.29 is 14.3 Å². The molecule has 10 heteroatoms. The van der Waals surface area contributed by atoms with Crippen molar-refractivity contribution in [3.63, 3.8) is 0 Å². The summed E-state index contributed by atoms with van der Waals surface area (Å²) in [6.45, 7) is 1.28. The molecule has 0 bridgehead atoms. The lowest BCUT2D eigenvalue weighted by molar-refractivity contribution is 0.0955. The van der Waals surface area contributed by atoms with Crippen molar-refractivity contribution in [3.05, 3.63) is 101 Å². The summed E-state index contributed by atoms with van der Waals surface area (Å²) < 4.78 is 13.1. The molecule has 0 aliphatic carbocycles. The quantitative estimate of drug-likeness (QED) is 0.276. The Bertz CT molecular complexity index is 1230. The van der Waals surface area contributed by atoms with Gasteiger partial charge in [0.25, 0.3) is 5.91 Å². The van der Waals surface area contributed by atoms with E-state index in [0.29, 0.717) is 41.8 Å². The highest BCUT2D eigenvalue weighted by Gasteiger charge is 2.04. The maximum atomic E-state index is 11.9. The summed E-state index contributed by atoms with van der Waals surface area (Å²) in [5.74, 6) is 1.13. The molecule has 2 aromatic heterocycles. The molecule has 0 fully saturated rings. The average Bonchev–Trinajstić information content (AvgIpc) is 3.33. The first-order valence-electron chi connectivity index (χ1n) is 10.4. The third kappa shape index (κ3) is 6.88. The van der Waals surface area contributed by atoms with Crippen LogP contribution < -0.4 is 14.9 Å². The fraction of sp³-hybridized carbons (Fsp3) is 0.125. The van der Waals surface area contributed by atoms with Gasteiger partial charge in [-0.2, -0.15) is 5.10 Å². The van der Waals surface area contributed by atoms with Gasteiger partial charge >= 0.3 is 0 Å². The number of carbonyl (C=O) groups is 1. The lowest BCUT2D eigenvalue weighted by atomic mass is 10.2. The van der Waals surface area contributed by atoms with Gasteiger partial charge in [-0.3, -0.25) is 9.78 Å². The van der Waals surface area contributed by atoms with E-state index in [0.717, 1.165) is 11.3 Å². The second kappa shape index (κ2) is 11.6. The molecule has 0 atom stereocenters. The predicted octanol–water partition coefficient (Wildman–Crippen LogP) is 3.75. The van der Waals surface area contributed by atoms with Crippen LogP contribution in [0.3, 0.4) is 0 Å². The maximum absolute atomic E-state index is 11.9. The normalized spacial score (nSPS) is 10.9. The Kier molecular flexibility index (Phi) is 7.81. The predicted molar refractivity (Wildman–Crippen MR) is 127 cm³/mol. The Morgan fingerprint density at radius 3 is 2.47 bits per heavy atom. The molecule has 2 aromatic carbocycles. The number of rotatable bonds is 10. The smallest absolute Gasteiger partial charge is 0.271 e. The van der Waals surface area contributed by atoms with Crippen LogP contribution in [0, 0.1) is 0 Å². The zero-order valence-corrected chi connectivity index (χ0v) is 18.8. The van der Waals surface area contributed by atoms with Gasteiger partial charge in [0.1, 0.15) is 30.4 Å². The number of halogens is 1. The first-order chi connectivity index (χ1) is 16.7. The largest absolute Gasteiger partial charge is 0.492 e. The summed E-state index contributed by atoms with van der Waals surface area (Å²) >= 11 is 5.87. The Hall–Kier alpha value is -4.24. The SMILES string of the molecule is O=C(N/N=C/c1ccc(OCCn2cc(COc3ccc(Cl)cc3)nn2)cc1)c1ccncc1. The number of nitrogens with one attached hydrogen (secondary N) is 1. The van der Waals surface area contributed by atoms with E-state index in [1.54, 1.807) is 59.7 Å². The van der Waals surface area contributed by atoms with Gasteiger partial charge in [-0.25, -0.2) is 10.1 Å². The minimum atomic E-state index is -0.300. The average molecular weight is 477 g/mol. The first-order valence-corrected chi connectivity index (χ1v) is 10.8. The number of amides is 1. The first kappa shape index (κ1) is 22.9. The Labute approximate surface area is 201 Å². The Morgan fingerprint density at radius 2 is 1.71 bits per heavy atom. The number of hydrogen-bond donors (Lipinski definition) is 1. The number of hydrazone groups is 1. The summed E-state index contributed by atoms with van der Waals surface area (Å²) in [5, 5.41) is 12.8. The molecule has 4 aromatic rings. The van der Waals surface area contributed by atoms with E-state index in [2.05, 4.69) is 25.8 Å². The van der Waals surface area contributed by atoms with Crippen LogP contribution in [-0.2, 0) is 13.2 Å². The van der Waals surface area contributed by atoms with Crippen LogP contribution in [0.4, 0.5) is 0 Å². The second-order valence-electron chi connectivity index (χ2n) is 7.07. The summed E-state index contributed by atoms with van der Waals surface area (Å²) in [4.78, 5) is 15.8. The zero-order chi connectivity index (χ0) is 23.6. The van der Waals surface area contributed by atoms with E-state index in [9.17, 15) is 4.79 Å². The van der Waals surface area contributed by atoms with Crippen LogP contribution in [0.5, 0.6) is 11.5 Å². The van der Waals surface area contributed by atoms with Crippen molar-refractivity contribution in [2.24, 2.45) is 5.10 Å². The van der Waals surface area contributed by atoms with Gasteiger partial charge in [-0.1, -0.05) is 16.8 Å². The minimum absolute atomic E-state index is 0.300. The Balaban J connectivity index is 1.18. The van der Waals surface area contributed by atoms with Crippen LogP contribution in [0.2, 0.25) is 5.02 Å². The summed E-state index contributed by atoms with van der Waals surface area (Å²) in [5.41, 5.74) is 4.51. The molecule has 34 heavy (non-hydrogen) atoms. The molecule has 4 rings (SSSR count). The van der Waals surface area contributed by atoms with Crippen molar-refractivity contribution >= 4 is 23.7 Å². The fourth-order valence-corrected chi connectivity index (χ4v) is 2.97. The third-order valence-electron chi connectivity index (χ3n) is 4.58. The molecule has 0 spiro atoms. The molecule has 172 valence electrons. The molecular formula is C24H21ClN6O3. The molecule has 0 aliphatic rings. The lowest BCUT2D eigenvalue weighted by Crippen LogP contribution is -2.17. The minimum Gasteiger partial charge on any atom is -0.492 e. The van der Waals surface area contributed by atoms with Gasteiger partial charge in [0.15, 0.2) is 0 Å². The van der Waals surface area contributed by atoms with E-state index in [1.165, 1.54) is 0 Å². The molecular weight excluding hydrogens is 456 g/mol. The number of benzene rings is 2. The van der Waals surface area contributed by atoms with Crippen LogP contribution in [0.15, 0.2) is 84.4 Å². The van der Waals surface area contributed by atoms with Crippen molar-refractivity contribution in [1.29, 1.82) is 0 Å². The van der Waals surface area contributed by atoms with E-state index < -0.39 is 0 Å². The lowest BCUT2D eigenvalue weighted by Gasteiger charge is -2.06. The van der Waals surface area contributed by atoms with Gasteiger partial charge in [0.05, 0.1) is 19.0 Å². The van der Waals surface area contributed by atoms with Gasteiger partial charge < -0.3 is 9.47 Å². The molecule has 0 aliphatic heterocycles. The van der Waals surface area contributed by atoms with Crippen molar-refractivity contribution in [1.82, 2.24) is 25.4 Å². The van der Waals surface area contributed by atoms with Crippen LogP contribution in [0.1, 0.15) is 21.6 Å². The number of ether oxygens (including phenoxy) is 2. The Morgan fingerprint density at radius 1 is 1.00 bits per heavy atom.